The number of nitro groups is 1. The van der Waals surface area contributed by atoms with Crippen LogP contribution in [0.4, 0.5) is 5.69 Å². The van der Waals surface area contributed by atoms with E-state index in [1.165, 1.54) is 10.9 Å². The number of carbonyl (C=O) groups excluding carboxylic acids is 1. The molecule has 0 saturated carbocycles. The fraction of sp³-hybridized carbons (Fsp3) is 0.667. The Morgan fingerprint density at radius 1 is 1.38 bits per heavy atom. The van der Waals surface area contributed by atoms with Gasteiger partial charge in [-0.25, -0.2) is 0 Å². The van der Waals surface area contributed by atoms with Crippen molar-refractivity contribution in [3.8, 4) is 0 Å². The second kappa shape index (κ2) is 7.14. The average molecular weight is 297 g/mol. The van der Waals surface area contributed by atoms with Crippen LogP contribution in [0, 0.1) is 10.1 Å². The van der Waals surface area contributed by atoms with Gasteiger partial charge in [-0.2, -0.15) is 5.10 Å². The molecule has 0 aromatic carbocycles. The molecule has 0 atom stereocenters. The van der Waals surface area contributed by atoms with Crippen molar-refractivity contribution in [2.45, 2.75) is 13.0 Å². The summed E-state index contributed by atoms with van der Waals surface area (Å²) in [5.41, 5.74) is -0.118. The van der Waals surface area contributed by atoms with Crippen LogP contribution in [0.15, 0.2) is 12.4 Å². The first-order chi connectivity index (χ1) is 10.1. The van der Waals surface area contributed by atoms with Crippen LogP contribution < -0.4 is 0 Å². The minimum atomic E-state index is -0.535. The van der Waals surface area contributed by atoms with Gasteiger partial charge in [0.05, 0.1) is 11.5 Å². The van der Waals surface area contributed by atoms with Crippen LogP contribution in [0.2, 0.25) is 0 Å². The van der Waals surface area contributed by atoms with Gasteiger partial charge in [0.25, 0.3) is 0 Å². The maximum Gasteiger partial charge on any atom is 0.307 e. The Labute approximate surface area is 121 Å². The first-order valence-electron chi connectivity index (χ1n) is 6.88. The first-order valence-corrected chi connectivity index (χ1v) is 6.88. The minimum absolute atomic E-state index is 0.00778. The largest absolute Gasteiger partial charge is 0.395 e. The Bertz CT molecular complexity index is 504. The monoisotopic (exact) mass is 297 g/mol. The summed E-state index contributed by atoms with van der Waals surface area (Å²) in [6.45, 7) is 3.58. The molecule has 9 nitrogen and oxygen atoms in total. The first kappa shape index (κ1) is 15.4. The van der Waals surface area contributed by atoms with Crippen LogP contribution in [0.3, 0.4) is 0 Å². The molecule has 1 saturated heterocycles. The van der Waals surface area contributed by atoms with Crippen LogP contribution >= 0.6 is 0 Å². The smallest absolute Gasteiger partial charge is 0.307 e. The molecule has 116 valence electrons. The molecule has 0 bridgehead atoms. The van der Waals surface area contributed by atoms with E-state index in [0.717, 1.165) is 25.7 Å². The van der Waals surface area contributed by atoms with Gasteiger partial charge in [-0.1, -0.05) is 0 Å². The molecule has 2 heterocycles. The molecular formula is C12H19N5O4. The summed E-state index contributed by atoms with van der Waals surface area (Å²) in [4.78, 5) is 26.1. The summed E-state index contributed by atoms with van der Waals surface area (Å²) < 4.78 is 1.29. The highest BCUT2D eigenvalue weighted by Crippen LogP contribution is 2.09. The van der Waals surface area contributed by atoms with Gasteiger partial charge in [-0.05, 0) is 13.0 Å². The van der Waals surface area contributed by atoms with Crippen LogP contribution in [0.1, 0.15) is 6.42 Å². The number of β-amino-alcohol motifs (C(OH)–C–C–N with tert-alkyl or cyclic N) is 1. The normalized spacial score (nSPS) is 16.7. The van der Waals surface area contributed by atoms with Gasteiger partial charge in [0, 0.05) is 26.2 Å². The van der Waals surface area contributed by atoms with Crippen molar-refractivity contribution >= 4 is 11.6 Å². The number of rotatable bonds is 5. The Hall–Kier alpha value is -2.00. The van der Waals surface area contributed by atoms with Gasteiger partial charge in [0.15, 0.2) is 0 Å². The third kappa shape index (κ3) is 4.23. The highest BCUT2D eigenvalue weighted by atomic mass is 16.6. The van der Waals surface area contributed by atoms with Gasteiger partial charge in [-0.3, -0.25) is 24.5 Å². The maximum absolute atomic E-state index is 12.2. The number of hydrogen-bond acceptors (Lipinski definition) is 6. The second-order valence-electron chi connectivity index (χ2n) is 4.95. The number of aliphatic hydroxyl groups excluding tert-OH is 1. The fourth-order valence-corrected chi connectivity index (χ4v) is 2.36. The molecule has 0 spiro atoms. The number of nitrogens with zero attached hydrogens (tertiary/aromatic N) is 5. The summed E-state index contributed by atoms with van der Waals surface area (Å²) in [6, 6.07) is 0. The highest BCUT2D eigenvalue weighted by molar-refractivity contribution is 5.76. The summed E-state index contributed by atoms with van der Waals surface area (Å²) in [5, 5.41) is 23.3. The van der Waals surface area contributed by atoms with Crippen molar-refractivity contribution in [3.63, 3.8) is 0 Å². The summed E-state index contributed by atoms with van der Waals surface area (Å²) in [6.07, 6.45) is 3.25. The van der Waals surface area contributed by atoms with E-state index < -0.39 is 4.92 Å². The zero-order valence-electron chi connectivity index (χ0n) is 11.7. The van der Waals surface area contributed by atoms with Crippen molar-refractivity contribution in [1.29, 1.82) is 0 Å². The van der Waals surface area contributed by atoms with E-state index in [2.05, 4.69) is 10.00 Å². The van der Waals surface area contributed by atoms with E-state index in [9.17, 15) is 14.9 Å². The van der Waals surface area contributed by atoms with Crippen molar-refractivity contribution < 1.29 is 14.8 Å². The summed E-state index contributed by atoms with van der Waals surface area (Å²) >= 11 is 0. The SMILES string of the molecule is O=C(Cn1cc([N+](=O)[O-])cn1)N1CCCN(CCO)CC1. The minimum Gasteiger partial charge on any atom is -0.395 e. The third-order valence-corrected chi connectivity index (χ3v) is 3.49. The molecule has 9 heteroatoms. The molecular weight excluding hydrogens is 278 g/mol. The van der Waals surface area contributed by atoms with E-state index in [1.54, 1.807) is 4.90 Å². The topological polar surface area (TPSA) is 105 Å². The van der Waals surface area contributed by atoms with Gasteiger partial charge in [0.2, 0.25) is 5.91 Å². The predicted molar refractivity (Wildman–Crippen MR) is 73.6 cm³/mol. The van der Waals surface area contributed by atoms with Crippen molar-refractivity contribution in [2.24, 2.45) is 0 Å². The van der Waals surface area contributed by atoms with E-state index in [0.29, 0.717) is 19.6 Å². The third-order valence-electron chi connectivity index (χ3n) is 3.49. The Kier molecular flexibility index (Phi) is 5.23. The van der Waals surface area contributed by atoms with Crippen molar-refractivity contribution in [1.82, 2.24) is 19.6 Å². The molecule has 0 radical (unpaired) electrons. The zero-order valence-corrected chi connectivity index (χ0v) is 11.7. The number of carbonyl (C=O) groups is 1. The maximum atomic E-state index is 12.2. The average Bonchev–Trinajstić information content (AvgIpc) is 2.78. The molecule has 1 aromatic heterocycles. The zero-order chi connectivity index (χ0) is 15.2. The van der Waals surface area contributed by atoms with E-state index in [-0.39, 0.29) is 24.7 Å². The lowest BCUT2D eigenvalue weighted by atomic mass is 10.3. The summed E-state index contributed by atoms with van der Waals surface area (Å²) in [5.74, 6) is -0.0983. The second-order valence-corrected chi connectivity index (χ2v) is 4.95. The molecule has 1 aliphatic heterocycles. The standard InChI is InChI=1S/C12H19N5O4/c18-7-6-14-2-1-3-15(5-4-14)12(19)10-16-9-11(8-13-16)17(20)21/h8-9,18H,1-7,10H2. The number of hydrogen-bond donors (Lipinski definition) is 1. The van der Waals surface area contributed by atoms with Crippen LogP contribution in [0.25, 0.3) is 0 Å². The highest BCUT2D eigenvalue weighted by Gasteiger charge is 2.20. The molecule has 1 amide bonds. The molecule has 1 N–H and O–H groups in total. The molecule has 0 unspecified atom stereocenters. The van der Waals surface area contributed by atoms with Gasteiger partial charge >= 0.3 is 5.69 Å². The van der Waals surface area contributed by atoms with Gasteiger partial charge in [-0.15, -0.1) is 0 Å². The lowest BCUT2D eigenvalue weighted by molar-refractivity contribution is -0.385. The predicted octanol–water partition coefficient (Wildman–Crippen LogP) is -0.682. The number of aliphatic hydroxyl groups is 1. The number of amides is 1. The lowest BCUT2D eigenvalue weighted by Crippen LogP contribution is -2.37. The van der Waals surface area contributed by atoms with Gasteiger partial charge in [0.1, 0.15) is 18.9 Å². The van der Waals surface area contributed by atoms with Gasteiger partial charge < -0.3 is 10.0 Å². The van der Waals surface area contributed by atoms with E-state index in [4.69, 9.17) is 5.11 Å². The quantitative estimate of drug-likeness (QED) is 0.570. The Balaban J connectivity index is 1.89. The molecule has 1 aliphatic rings. The van der Waals surface area contributed by atoms with Crippen LogP contribution in [-0.4, -0.2) is 74.8 Å². The molecule has 1 fully saturated rings. The lowest BCUT2D eigenvalue weighted by Gasteiger charge is -2.21. The van der Waals surface area contributed by atoms with E-state index >= 15 is 0 Å². The van der Waals surface area contributed by atoms with Crippen molar-refractivity contribution in [3.05, 3.63) is 22.5 Å². The van der Waals surface area contributed by atoms with Crippen LogP contribution in [0.5, 0.6) is 0 Å². The van der Waals surface area contributed by atoms with Crippen LogP contribution in [-0.2, 0) is 11.3 Å². The number of aromatic nitrogens is 2. The molecule has 1 aromatic rings. The Morgan fingerprint density at radius 3 is 2.86 bits per heavy atom. The molecule has 0 aliphatic carbocycles. The molecule has 21 heavy (non-hydrogen) atoms. The fourth-order valence-electron chi connectivity index (χ4n) is 2.36. The Morgan fingerprint density at radius 2 is 2.19 bits per heavy atom. The van der Waals surface area contributed by atoms with E-state index in [1.807, 2.05) is 0 Å². The van der Waals surface area contributed by atoms with Crippen molar-refractivity contribution in [2.75, 3.05) is 39.3 Å². The molecule has 2 rings (SSSR count). The summed E-state index contributed by atoms with van der Waals surface area (Å²) in [7, 11) is 0.